The van der Waals surface area contributed by atoms with E-state index in [-0.39, 0.29) is 18.1 Å². The number of aliphatic hydroxyl groups is 1. The van der Waals surface area contributed by atoms with Crippen molar-refractivity contribution in [3.05, 3.63) is 42.2 Å². The van der Waals surface area contributed by atoms with Crippen LogP contribution < -0.4 is 0 Å². The number of aromatic nitrogens is 1. The third kappa shape index (κ3) is 2.78. The molecule has 2 aliphatic rings. The summed E-state index contributed by atoms with van der Waals surface area (Å²) in [6.45, 7) is 3.07. The Labute approximate surface area is 141 Å². The highest BCUT2D eigenvalue weighted by atomic mass is 16.3. The van der Waals surface area contributed by atoms with Crippen molar-refractivity contribution in [3.63, 3.8) is 0 Å². The van der Waals surface area contributed by atoms with Crippen LogP contribution in [-0.4, -0.2) is 64.1 Å². The third-order valence-corrected chi connectivity index (χ3v) is 5.39. The minimum Gasteiger partial charge on any atom is -0.391 e. The Kier molecular flexibility index (Phi) is 4.21. The number of benzene rings is 1. The van der Waals surface area contributed by atoms with Gasteiger partial charge >= 0.3 is 0 Å². The molecule has 126 valence electrons. The summed E-state index contributed by atoms with van der Waals surface area (Å²) < 4.78 is 0. The molecule has 4 rings (SSSR count). The van der Waals surface area contributed by atoms with E-state index < -0.39 is 0 Å². The second-order valence-electron chi connectivity index (χ2n) is 6.77. The fourth-order valence-corrected chi connectivity index (χ4v) is 4.04. The Morgan fingerprint density at radius 3 is 2.62 bits per heavy atom. The lowest BCUT2D eigenvalue weighted by Gasteiger charge is -2.39. The first-order valence-electron chi connectivity index (χ1n) is 8.79. The number of carbonyl (C=O) groups excluding carboxylic acids is 1. The van der Waals surface area contributed by atoms with E-state index in [1.807, 2.05) is 35.2 Å². The van der Waals surface area contributed by atoms with Gasteiger partial charge in [0, 0.05) is 43.8 Å². The molecule has 24 heavy (non-hydrogen) atoms. The van der Waals surface area contributed by atoms with E-state index in [1.54, 1.807) is 6.20 Å². The zero-order valence-electron chi connectivity index (χ0n) is 13.8. The molecule has 2 heterocycles. The highest BCUT2D eigenvalue weighted by molar-refractivity contribution is 6.05. The maximum absolute atomic E-state index is 12.9. The summed E-state index contributed by atoms with van der Waals surface area (Å²) in [5.41, 5.74) is 0.544. The van der Waals surface area contributed by atoms with Gasteiger partial charge in [-0.3, -0.25) is 14.7 Å². The largest absolute Gasteiger partial charge is 0.391 e. The molecule has 0 radical (unpaired) electrons. The van der Waals surface area contributed by atoms with E-state index in [0.717, 1.165) is 43.1 Å². The monoisotopic (exact) mass is 325 g/mol. The van der Waals surface area contributed by atoms with Gasteiger partial charge in [0.05, 0.1) is 6.10 Å². The summed E-state index contributed by atoms with van der Waals surface area (Å²) in [5, 5.41) is 12.0. The molecule has 1 saturated heterocycles. The molecule has 1 N–H and O–H groups in total. The quantitative estimate of drug-likeness (QED) is 0.916. The number of hydrogen-bond acceptors (Lipinski definition) is 4. The standard InChI is InChI=1S/C19H23N3O2/c23-17-7-3-6-16(17)21-10-12-22(13-11-21)19(24)18-15-5-2-1-4-14(15)8-9-20-18/h1-2,4-5,8-9,16-17,23H,3,6-7,10-13H2/t16-,17+/m0/s1. The zero-order chi connectivity index (χ0) is 16.5. The maximum Gasteiger partial charge on any atom is 0.273 e. The van der Waals surface area contributed by atoms with Gasteiger partial charge in [-0.1, -0.05) is 24.3 Å². The molecule has 2 atom stereocenters. The summed E-state index contributed by atoms with van der Waals surface area (Å²) in [4.78, 5) is 21.5. The number of pyridine rings is 1. The Bertz CT molecular complexity index is 735. The van der Waals surface area contributed by atoms with Crippen LogP contribution in [0.1, 0.15) is 29.8 Å². The van der Waals surface area contributed by atoms with Crippen LogP contribution in [0.4, 0.5) is 0 Å². The number of hydrogen-bond donors (Lipinski definition) is 1. The van der Waals surface area contributed by atoms with Crippen molar-refractivity contribution in [3.8, 4) is 0 Å². The summed E-state index contributed by atoms with van der Waals surface area (Å²) in [5.74, 6) is 0.0124. The minimum absolute atomic E-state index is 0.0124. The highest BCUT2D eigenvalue weighted by Crippen LogP contribution is 2.25. The van der Waals surface area contributed by atoms with Crippen LogP contribution in [-0.2, 0) is 0 Å². The van der Waals surface area contributed by atoms with Crippen molar-refractivity contribution in [1.29, 1.82) is 0 Å². The third-order valence-electron chi connectivity index (χ3n) is 5.39. The molecule has 1 aromatic carbocycles. The molecule has 5 nitrogen and oxygen atoms in total. The second kappa shape index (κ2) is 6.49. The molecular weight excluding hydrogens is 302 g/mol. The first-order valence-corrected chi connectivity index (χ1v) is 8.79. The molecule has 2 aromatic rings. The van der Waals surface area contributed by atoms with E-state index in [4.69, 9.17) is 0 Å². The van der Waals surface area contributed by atoms with Gasteiger partial charge in [-0.15, -0.1) is 0 Å². The van der Waals surface area contributed by atoms with Crippen LogP contribution in [0.25, 0.3) is 10.8 Å². The fourth-order valence-electron chi connectivity index (χ4n) is 4.04. The van der Waals surface area contributed by atoms with E-state index in [9.17, 15) is 9.90 Å². The number of fused-ring (bicyclic) bond motifs is 1. The lowest BCUT2D eigenvalue weighted by molar-refractivity contribution is 0.0314. The van der Waals surface area contributed by atoms with Crippen molar-refractivity contribution in [1.82, 2.24) is 14.8 Å². The minimum atomic E-state index is -0.202. The lowest BCUT2D eigenvalue weighted by atomic mass is 10.1. The molecule has 0 unspecified atom stereocenters. The number of nitrogens with zero attached hydrogens (tertiary/aromatic N) is 3. The zero-order valence-corrected chi connectivity index (χ0v) is 13.8. The van der Waals surface area contributed by atoms with E-state index in [1.165, 1.54) is 0 Å². The molecule has 1 aliphatic heterocycles. The van der Waals surface area contributed by atoms with Crippen molar-refractivity contribution < 1.29 is 9.90 Å². The second-order valence-corrected chi connectivity index (χ2v) is 6.77. The van der Waals surface area contributed by atoms with Crippen molar-refractivity contribution in [2.24, 2.45) is 0 Å². The van der Waals surface area contributed by atoms with Crippen LogP contribution in [0.15, 0.2) is 36.5 Å². The van der Waals surface area contributed by atoms with Gasteiger partial charge in [0.1, 0.15) is 5.69 Å². The van der Waals surface area contributed by atoms with Crippen LogP contribution in [0.5, 0.6) is 0 Å². The summed E-state index contributed by atoms with van der Waals surface area (Å²) in [7, 11) is 0. The van der Waals surface area contributed by atoms with Crippen LogP contribution in [0, 0.1) is 0 Å². The Morgan fingerprint density at radius 2 is 1.88 bits per heavy atom. The number of rotatable bonds is 2. The first kappa shape index (κ1) is 15.5. The van der Waals surface area contributed by atoms with E-state index >= 15 is 0 Å². The van der Waals surface area contributed by atoms with E-state index in [2.05, 4.69) is 9.88 Å². The van der Waals surface area contributed by atoms with Crippen molar-refractivity contribution in [2.45, 2.75) is 31.4 Å². The predicted octanol–water partition coefficient (Wildman–Crippen LogP) is 1.91. The van der Waals surface area contributed by atoms with Crippen LogP contribution in [0.2, 0.25) is 0 Å². The topological polar surface area (TPSA) is 56.7 Å². The van der Waals surface area contributed by atoms with Gasteiger partial charge in [-0.25, -0.2) is 0 Å². The Balaban J connectivity index is 1.48. The average molecular weight is 325 g/mol. The molecule has 0 spiro atoms. The summed E-state index contributed by atoms with van der Waals surface area (Å²) in [6.07, 6.45) is 4.59. The summed E-state index contributed by atoms with van der Waals surface area (Å²) in [6, 6.07) is 10.1. The van der Waals surface area contributed by atoms with Gasteiger partial charge < -0.3 is 10.0 Å². The molecular formula is C19H23N3O2. The van der Waals surface area contributed by atoms with Crippen LogP contribution >= 0.6 is 0 Å². The molecule has 5 heteroatoms. The molecule has 0 bridgehead atoms. The Hall–Kier alpha value is -1.98. The van der Waals surface area contributed by atoms with Gasteiger partial charge in [-0.05, 0) is 30.7 Å². The Morgan fingerprint density at radius 1 is 1.08 bits per heavy atom. The average Bonchev–Trinajstić information content (AvgIpc) is 3.07. The SMILES string of the molecule is O=C(c1nccc2ccccc12)N1CCN([C@H]2CCC[C@H]2O)CC1. The maximum atomic E-state index is 12.9. The molecule has 1 amide bonds. The molecule has 1 aromatic heterocycles. The van der Waals surface area contributed by atoms with Gasteiger partial charge in [0.2, 0.25) is 0 Å². The summed E-state index contributed by atoms with van der Waals surface area (Å²) >= 11 is 0. The van der Waals surface area contributed by atoms with Crippen LogP contribution in [0.3, 0.4) is 0 Å². The van der Waals surface area contributed by atoms with Gasteiger partial charge in [-0.2, -0.15) is 0 Å². The van der Waals surface area contributed by atoms with Gasteiger partial charge in [0.15, 0.2) is 0 Å². The number of amides is 1. The smallest absolute Gasteiger partial charge is 0.273 e. The van der Waals surface area contributed by atoms with Crippen molar-refractivity contribution in [2.75, 3.05) is 26.2 Å². The fraction of sp³-hybridized carbons (Fsp3) is 0.474. The predicted molar refractivity (Wildman–Crippen MR) is 92.9 cm³/mol. The van der Waals surface area contributed by atoms with Gasteiger partial charge in [0.25, 0.3) is 5.91 Å². The number of aliphatic hydroxyl groups excluding tert-OH is 1. The number of carbonyl (C=O) groups is 1. The number of piperazine rings is 1. The van der Waals surface area contributed by atoms with E-state index in [0.29, 0.717) is 18.8 Å². The molecule has 1 aliphatic carbocycles. The first-order chi connectivity index (χ1) is 11.7. The molecule has 1 saturated carbocycles. The normalized spacial score (nSPS) is 25.3. The van der Waals surface area contributed by atoms with Crippen molar-refractivity contribution >= 4 is 16.7 Å². The lowest BCUT2D eigenvalue weighted by Crippen LogP contribution is -2.53. The highest BCUT2D eigenvalue weighted by Gasteiger charge is 2.33. The molecule has 2 fully saturated rings.